The highest BCUT2D eigenvalue weighted by molar-refractivity contribution is 14.1. The molecule has 0 aliphatic heterocycles. The van der Waals surface area contributed by atoms with E-state index in [1.807, 2.05) is 6.92 Å². The van der Waals surface area contributed by atoms with E-state index in [1.165, 1.54) is 0 Å². The molecule has 1 rings (SSSR count). The molecule has 0 spiro atoms. The van der Waals surface area contributed by atoms with Crippen LogP contribution in [-0.2, 0) is 3.07 Å². The van der Waals surface area contributed by atoms with Crippen molar-refractivity contribution in [2.45, 2.75) is 6.92 Å². The van der Waals surface area contributed by atoms with Crippen LogP contribution in [0.4, 0.5) is 0 Å². The summed E-state index contributed by atoms with van der Waals surface area (Å²) in [7, 11) is 0. The normalized spacial score (nSPS) is 9.83. The fourth-order valence-electron chi connectivity index (χ4n) is 0.796. The van der Waals surface area contributed by atoms with E-state index < -0.39 is 21.2 Å². The molecular formula is C8H8ClIO2. The second-order valence-corrected chi connectivity index (χ2v) is 4.10. The maximum atomic E-state index is 10.6. The minimum absolute atomic E-state index is 0.531. The summed E-state index contributed by atoms with van der Waals surface area (Å²) in [6, 6.07) is 5.22. The van der Waals surface area contributed by atoms with Crippen molar-refractivity contribution in [2.24, 2.45) is 0 Å². The summed E-state index contributed by atoms with van der Waals surface area (Å²) in [6.45, 7) is 2.52. The van der Waals surface area contributed by atoms with Gasteiger partial charge in [-0.05, 0) is 25.1 Å². The maximum absolute atomic E-state index is 10.6. The second kappa shape index (κ2) is 4.77. The fourth-order valence-corrected chi connectivity index (χ4v) is 1.85. The van der Waals surface area contributed by atoms with Crippen LogP contribution >= 0.6 is 32.8 Å². The molecule has 0 aliphatic carbocycles. The van der Waals surface area contributed by atoms with Gasteiger partial charge in [-0.3, -0.25) is 3.07 Å². The van der Waals surface area contributed by atoms with Gasteiger partial charge >= 0.3 is 0 Å². The van der Waals surface area contributed by atoms with Gasteiger partial charge in [0, 0.05) is 0 Å². The summed E-state index contributed by atoms with van der Waals surface area (Å²) in [5.74, 6) is 0.726. The molecule has 0 saturated heterocycles. The third-order valence-corrected chi connectivity index (χ3v) is 3.33. The van der Waals surface area contributed by atoms with Crippen LogP contribution in [0.15, 0.2) is 18.2 Å². The van der Waals surface area contributed by atoms with Gasteiger partial charge in [-0.25, -0.2) is 0 Å². The molecular weight excluding hydrogens is 290 g/mol. The van der Waals surface area contributed by atoms with E-state index in [9.17, 15) is 3.07 Å². The Labute approximate surface area is 86.5 Å². The van der Waals surface area contributed by atoms with Crippen molar-refractivity contribution >= 4 is 32.8 Å². The van der Waals surface area contributed by atoms with Crippen molar-refractivity contribution in [1.82, 2.24) is 0 Å². The van der Waals surface area contributed by atoms with E-state index in [4.69, 9.17) is 16.3 Å². The van der Waals surface area contributed by atoms with E-state index in [0.29, 0.717) is 11.6 Å². The molecule has 0 aliphatic rings. The summed E-state index contributed by atoms with van der Waals surface area (Å²) in [6.07, 6.45) is 0. The molecule has 1 aromatic rings. The molecule has 4 heteroatoms. The lowest BCUT2D eigenvalue weighted by atomic mass is 10.3. The molecule has 0 aromatic heterocycles. The van der Waals surface area contributed by atoms with Crippen LogP contribution in [-0.4, -0.2) is 6.61 Å². The topological polar surface area (TPSA) is 26.3 Å². The lowest BCUT2D eigenvalue weighted by Gasteiger charge is -2.02. The Balaban J connectivity index is 2.93. The van der Waals surface area contributed by atoms with Crippen LogP contribution < -0.4 is 4.74 Å². The Morgan fingerprint density at radius 3 is 2.83 bits per heavy atom. The van der Waals surface area contributed by atoms with Crippen LogP contribution in [0.2, 0.25) is 5.02 Å². The van der Waals surface area contributed by atoms with Crippen LogP contribution in [0, 0.1) is 3.57 Å². The molecule has 0 saturated carbocycles. The molecule has 2 nitrogen and oxygen atoms in total. The Morgan fingerprint density at radius 2 is 2.33 bits per heavy atom. The van der Waals surface area contributed by atoms with Gasteiger partial charge in [0.25, 0.3) is 0 Å². The van der Waals surface area contributed by atoms with Crippen molar-refractivity contribution in [3.8, 4) is 5.75 Å². The Bertz CT molecular complexity index is 288. The van der Waals surface area contributed by atoms with Crippen molar-refractivity contribution in [3.63, 3.8) is 0 Å². The van der Waals surface area contributed by atoms with E-state index in [1.54, 1.807) is 18.2 Å². The maximum Gasteiger partial charge on any atom is 0.183 e. The van der Waals surface area contributed by atoms with Gasteiger partial charge < -0.3 is 4.74 Å². The summed E-state index contributed by atoms with van der Waals surface area (Å²) >= 11 is 4.64. The van der Waals surface area contributed by atoms with Gasteiger partial charge in [0.15, 0.2) is 21.2 Å². The Kier molecular flexibility index (Phi) is 3.94. The number of hydrogen-bond acceptors (Lipinski definition) is 2. The first-order chi connectivity index (χ1) is 5.77. The van der Waals surface area contributed by atoms with Crippen molar-refractivity contribution in [2.75, 3.05) is 6.61 Å². The summed E-state index contributed by atoms with van der Waals surface area (Å²) in [5.41, 5.74) is 0. The predicted octanol–water partition coefficient (Wildman–Crippen LogP) is 3.22. The van der Waals surface area contributed by atoms with Gasteiger partial charge in [-0.2, -0.15) is 0 Å². The minimum Gasteiger partial charge on any atom is -0.494 e. The molecule has 0 amide bonds. The number of halogens is 2. The molecule has 0 unspecified atom stereocenters. The molecule has 0 N–H and O–H groups in total. The van der Waals surface area contributed by atoms with Gasteiger partial charge in [-0.1, -0.05) is 11.6 Å². The quantitative estimate of drug-likeness (QED) is 0.801. The smallest absolute Gasteiger partial charge is 0.183 e. The van der Waals surface area contributed by atoms with Gasteiger partial charge in [0.1, 0.15) is 5.75 Å². The first-order valence-corrected chi connectivity index (χ1v) is 5.81. The molecule has 0 atom stereocenters. The van der Waals surface area contributed by atoms with Crippen molar-refractivity contribution < 1.29 is 7.81 Å². The molecule has 1 aromatic carbocycles. The molecule has 12 heavy (non-hydrogen) atoms. The average Bonchev–Trinajstić information content (AvgIpc) is 2.05. The second-order valence-electron chi connectivity index (χ2n) is 2.09. The van der Waals surface area contributed by atoms with Crippen LogP contribution in [0.5, 0.6) is 5.75 Å². The minimum atomic E-state index is -1.17. The number of benzene rings is 1. The SMILES string of the molecule is CCOc1ccc(I=O)c(Cl)c1. The Morgan fingerprint density at radius 1 is 1.58 bits per heavy atom. The average molecular weight is 299 g/mol. The molecule has 0 fully saturated rings. The third-order valence-electron chi connectivity index (χ3n) is 1.29. The first kappa shape index (κ1) is 9.92. The van der Waals surface area contributed by atoms with Crippen LogP contribution in [0.3, 0.4) is 0 Å². The van der Waals surface area contributed by atoms with E-state index in [-0.39, 0.29) is 0 Å². The standard InChI is InChI=1S/C8H8ClIO2/c1-2-12-6-3-4-8(10-11)7(9)5-6/h3-5H,2H2,1H3. The highest BCUT2D eigenvalue weighted by Crippen LogP contribution is 2.25. The largest absolute Gasteiger partial charge is 0.494 e. The predicted molar refractivity (Wildman–Crippen MR) is 56.0 cm³/mol. The summed E-state index contributed by atoms with van der Waals surface area (Å²) in [5, 5.41) is 0.531. The number of hydrogen-bond donors (Lipinski definition) is 0. The summed E-state index contributed by atoms with van der Waals surface area (Å²) in [4.78, 5) is 0. The number of ether oxygens (including phenoxy) is 1. The monoisotopic (exact) mass is 298 g/mol. The van der Waals surface area contributed by atoms with Gasteiger partial charge in [-0.15, -0.1) is 0 Å². The zero-order valence-corrected chi connectivity index (χ0v) is 9.43. The molecule has 66 valence electrons. The highest BCUT2D eigenvalue weighted by Gasteiger charge is 2.01. The van der Waals surface area contributed by atoms with E-state index in [2.05, 4.69) is 0 Å². The van der Waals surface area contributed by atoms with Gasteiger partial charge in [0.2, 0.25) is 0 Å². The fraction of sp³-hybridized carbons (Fsp3) is 0.250. The third kappa shape index (κ3) is 2.42. The molecule has 0 bridgehead atoms. The molecule has 0 radical (unpaired) electrons. The van der Waals surface area contributed by atoms with Crippen molar-refractivity contribution in [3.05, 3.63) is 26.8 Å². The van der Waals surface area contributed by atoms with E-state index >= 15 is 0 Å². The first-order valence-electron chi connectivity index (χ1n) is 3.47. The Hall–Kier alpha value is -0.160. The number of rotatable bonds is 3. The summed E-state index contributed by atoms with van der Waals surface area (Å²) < 4.78 is 16.5. The zero-order chi connectivity index (χ0) is 8.97. The lowest BCUT2D eigenvalue weighted by molar-refractivity contribution is 0.340. The van der Waals surface area contributed by atoms with Crippen LogP contribution in [0.25, 0.3) is 0 Å². The molecule has 0 heterocycles. The zero-order valence-electron chi connectivity index (χ0n) is 6.51. The lowest BCUT2D eigenvalue weighted by Crippen LogP contribution is -1.91. The van der Waals surface area contributed by atoms with Gasteiger partial charge in [0.05, 0.1) is 15.2 Å². The van der Waals surface area contributed by atoms with E-state index in [0.717, 1.165) is 9.32 Å². The van der Waals surface area contributed by atoms with Crippen molar-refractivity contribution in [1.29, 1.82) is 0 Å². The highest BCUT2D eigenvalue weighted by atomic mass is 127. The van der Waals surface area contributed by atoms with Crippen LogP contribution in [0.1, 0.15) is 6.92 Å².